The van der Waals surface area contributed by atoms with Gasteiger partial charge in [0, 0.05) is 33.1 Å². The van der Waals surface area contributed by atoms with Crippen molar-refractivity contribution in [3.63, 3.8) is 0 Å². The van der Waals surface area contributed by atoms with E-state index in [1.807, 2.05) is 14.0 Å². The first kappa shape index (κ1) is 13.8. The monoisotopic (exact) mass is 281 g/mol. The molecule has 1 aromatic rings. The van der Waals surface area contributed by atoms with E-state index in [9.17, 15) is 4.79 Å². The van der Waals surface area contributed by atoms with Crippen molar-refractivity contribution in [3.8, 4) is 0 Å². The summed E-state index contributed by atoms with van der Waals surface area (Å²) in [6.45, 7) is 5.06. The highest BCUT2D eigenvalue weighted by molar-refractivity contribution is 7.80. The van der Waals surface area contributed by atoms with Gasteiger partial charge in [0.15, 0.2) is 0 Å². The lowest BCUT2D eigenvalue weighted by molar-refractivity contribution is -0.119. The van der Waals surface area contributed by atoms with Gasteiger partial charge in [0.1, 0.15) is 10.8 Å². The number of carbonyl (C=O) groups is 1. The van der Waals surface area contributed by atoms with E-state index in [0.717, 1.165) is 36.6 Å². The standard InChI is InChI=1S/C12H19N5OS/c1-7-10(11(13)19)12(16(3)15-7)17-5-4-9(6-17)14-8(2)18/h9H,4-6H2,1-3H3,(H2,13,19)(H,14,18). The molecule has 0 bridgehead atoms. The topological polar surface area (TPSA) is 76.2 Å². The van der Waals surface area contributed by atoms with E-state index >= 15 is 0 Å². The molecule has 1 fully saturated rings. The second-order valence-electron chi connectivity index (χ2n) is 4.90. The lowest BCUT2D eigenvalue weighted by atomic mass is 10.2. The fourth-order valence-electron chi connectivity index (χ4n) is 2.66. The van der Waals surface area contributed by atoms with Gasteiger partial charge < -0.3 is 16.0 Å². The molecule has 104 valence electrons. The van der Waals surface area contributed by atoms with E-state index in [2.05, 4.69) is 15.3 Å². The van der Waals surface area contributed by atoms with Crippen molar-refractivity contribution in [2.45, 2.75) is 26.3 Å². The summed E-state index contributed by atoms with van der Waals surface area (Å²) >= 11 is 5.11. The van der Waals surface area contributed by atoms with Crippen LogP contribution in [0.5, 0.6) is 0 Å². The molecule has 3 N–H and O–H groups in total. The molecule has 0 aromatic carbocycles. The lowest BCUT2D eigenvalue weighted by Crippen LogP contribution is -2.36. The molecule has 1 amide bonds. The quantitative estimate of drug-likeness (QED) is 0.767. The zero-order chi connectivity index (χ0) is 14.2. The van der Waals surface area contributed by atoms with Crippen LogP contribution in [0.3, 0.4) is 0 Å². The van der Waals surface area contributed by atoms with Crippen LogP contribution in [0.1, 0.15) is 24.6 Å². The Bertz CT molecular complexity index is 524. The highest BCUT2D eigenvalue weighted by atomic mass is 32.1. The largest absolute Gasteiger partial charge is 0.389 e. The maximum Gasteiger partial charge on any atom is 0.217 e. The second kappa shape index (κ2) is 5.16. The zero-order valence-electron chi connectivity index (χ0n) is 11.4. The summed E-state index contributed by atoms with van der Waals surface area (Å²) in [5.74, 6) is 0.945. The zero-order valence-corrected chi connectivity index (χ0v) is 12.3. The number of amides is 1. The predicted molar refractivity (Wildman–Crippen MR) is 78.3 cm³/mol. The minimum absolute atomic E-state index is 0.00241. The Morgan fingerprint density at radius 1 is 1.58 bits per heavy atom. The molecule has 7 heteroatoms. The van der Waals surface area contributed by atoms with Gasteiger partial charge >= 0.3 is 0 Å². The van der Waals surface area contributed by atoms with E-state index in [-0.39, 0.29) is 11.9 Å². The van der Waals surface area contributed by atoms with Crippen LogP contribution >= 0.6 is 12.2 Å². The van der Waals surface area contributed by atoms with Gasteiger partial charge in [-0.2, -0.15) is 5.10 Å². The number of carbonyl (C=O) groups excluding carboxylic acids is 1. The molecule has 2 rings (SSSR count). The Hall–Kier alpha value is -1.63. The summed E-state index contributed by atoms with van der Waals surface area (Å²) < 4.78 is 1.81. The maximum atomic E-state index is 11.1. The lowest BCUT2D eigenvalue weighted by Gasteiger charge is -2.20. The molecule has 6 nitrogen and oxygen atoms in total. The van der Waals surface area contributed by atoms with Crippen LogP contribution in [-0.4, -0.2) is 39.8 Å². The Labute approximate surface area is 117 Å². The van der Waals surface area contributed by atoms with Crippen molar-refractivity contribution in [2.75, 3.05) is 18.0 Å². The first-order valence-corrected chi connectivity index (χ1v) is 6.66. The number of thiocarbonyl (C=S) groups is 1. The normalized spacial score (nSPS) is 18.7. The van der Waals surface area contributed by atoms with Gasteiger partial charge in [0.2, 0.25) is 5.91 Å². The molecule has 1 aliphatic heterocycles. The van der Waals surface area contributed by atoms with Crippen molar-refractivity contribution in [1.82, 2.24) is 15.1 Å². The number of nitrogens with two attached hydrogens (primary N) is 1. The number of aromatic nitrogens is 2. The van der Waals surface area contributed by atoms with Gasteiger partial charge in [0.25, 0.3) is 0 Å². The fourth-order valence-corrected chi connectivity index (χ4v) is 2.89. The van der Waals surface area contributed by atoms with E-state index in [0.29, 0.717) is 4.99 Å². The molecule has 1 unspecified atom stereocenters. The van der Waals surface area contributed by atoms with Crippen LogP contribution in [-0.2, 0) is 11.8 Å². The van der Waals surface area contributed by atoms with E-state index in [4.69, 9.17) is 18.0 Å². The second-order valence-corrected chi connectivity index (χ2v) is 5.34. The Morgan fingerprint density at radius 2 is 2.26 bits per heavy atom. The summed E-state index contributed by atoms with van der Waals surface area (Å²) in [6, 6.07) is 0.173. The van der Waals surface area contributed by atoms with Gasteiger partial charge in [-0.05, 0) is 13.3 Å². The van der Waals surface area contributed by atoms with Crippen molar-refractivity contribution >= 4 is 28.9 Å². The van der Waals surface area contributed by atoms with Crippen LogP contribution in [0.4, 0.5) is 5.82 Å². The number of nitrogens with one attached hydrogen (secondary N) is 1. The Kier molecular flexibility index (Phi) is 3.75. The van der Waals surface area contributed by atoms with Crippen molar-refractivity contribution in [1.29, 1.82) is 0 Å². The van der Waals surface area contributed by atoms with Crippen LogP contribution < -0.4 is 16.0 Å². The number of nitrogens with zero attached hydrogens (tertiary/aromatic N) is 3. The van der Waals surface area contributed by atoms with Gasteiger partial charge in [-0.1, -0.05) is 12.2 Å². The highest BCUT2D eigenvalue weighted by Crippen LogP contribution is 2.26. The smallest absolute Gasteiger partial charge is 0.217 e. The number of hydrogen-bond acceptors (Lipinski definition) is 4. The average Bonchev–Trinajstić information content (AvgIpc) is 2.81. The Balaban J connectivity index is 2.24. The average molecular weight is 281 g/mol. The molecule has 1 aromatic heterocycles. The molecule has 0 aliphatic carbocycles. The number of anilines is 1. The van der Waals surface area contributed by atoms with Crippen molar-refractivity contribution < 1.29 is 4.79 Å². The summed E-state index contributed by atoms with van der Waals surface area (Å²) in [6.07, 6.45) is 0.917. The van der Waals surface area contributed by atoms with Crippen molar-refractivity contribution in [2.24, 2.45) is 12.8 Å². The highest BCUT2D eigenvalue weighted by Gasteiger charge is 2.28. The summed E-state index contributed by atoms with van der Waals surface area (Å²) in [5.41, 5.74) is 7.47. The Morgan fingerprint density at radius 3 is 2.84 bits per heavy atom. The van der Waals surface area contributed by atoms with E-state index in [1.54, 1.807) is 4.68 Å². The van der Waals surface area contributed by atoms with E-state index < -0.39 is 0 Å². The van der Waals surface area contributed by atoms with Crippen molar-refractivity contribution in [3.05, 3.63) is 11.3 Å². The van der Waals surface area contributed by atoms with Gasteiger partial charge in [-0.25, -0.2) is 0 Å². The number of rotatable bonds is 3. The van der Waals surface area contributed by atoms with E-state index in [1.165, 1.54) is 6.92 Å². The van der Waals surface area contributed by atoms with Crippen LogP contribution in [0.15, 0.2) is 0 Å². The first-order valence-electron chi connectivity index (χ1n) is 6.25. The van der Waals surface area contributed by atoms with Gasteiger partial charge in [0.05, 0.1) is 11.3 Å². The summed E-state index contributed by atoms with van der Waals surface area (Å²) in [4.78, 5) is 13.6. The minimum atomic E-state index is 0.00241. The SMILES string of the molecule is CC(=O)NC1CCN(c2c(C(N)=S)c(C)nn2C)C1. The molecule has 2 heterocycles. The third-order valence-corrected chi connectivity index (χ3v) is 3.54. The third kappa shape index (κ3) is 2.70. The third-order valence-electron chi connectivity index (χ3n) is 3.33. The van der Waals surface area contributed by atoms with Crippen LogP contribution in [0, 0.1) is 6.92 Å². The fraction of sp³-hybridized carbons (Fsp3) is 0.583. The molecule has 0 saturated carbocycles. The molecule has 1 atom stereocenters. The summed E-state index contributed by atoms with van der Waals surface area (Å²) in [7, 11) is 1.88. The predicted octanol–water partition coefficient (Wildman–Crippen LogP) is 0.0775. The number of hydrogen-bond donors (Lipinski definition) is 2. The molecule has 1 aliphatic rings. The van der Waals surface area contributed by atoms with Gasteiger partial charge in [-0.3, -0.25) is 9.48 Å². The summed E-state index contributed by atoms with van der Waals surface area (Å²) in [5, 5.41) is 7.33. The van der Waals surface area contributed by atoms with Gasteiger partial charge in [-0.15, -0.1) is 0 Å². The number of aryl methyl sites for hydroxylation is 2. The first-order chi connectivity index (χ1) is 8.90. The minimum Gasteiger partial charge on any atom is -0.389 e. The molecule has 0 radical (unpaired) electrons. The molecule has 19 heavy (non-hydrogen) atoms. The molecular formula is C12H19N5OS. The molecule has 1 saturated heterocycles. The van der Waals surface area contributed by atoms with Crippen LogP contribution in [0.25, 0.3) is 0 Å². The van der Waals surface area contributed by atoms with Crippen LogP contribution in [0.2, 0.25) is 0 Å². The molecular weight excluding hydrogens is 262 g/mol. The maximum absolute atomic E-state index is 11.1. The molecule has 0 spiro atoms.